The fourth-order valence-electron chi connectivity index (χ4n) is 3.27. The summed E-state index contributed by atoms with van der Waals surface area (Å²) in [6.45, 7) is 5.72. The molecule has 1 aliphatic heterocycles. The minimum absolute atomic E-state index is 0.0335. The van der Waals surface area contributed by atoms with Gasteiger partial charge < -0.3 is 9.64 Å². The second kappa shape index (κ2) is 8.94. The summed E-state index contributed by atoms with van der Waals surface area (Å²) in [7, 11) is 1.72. The van der Waals surface area contributed by atoms with Crippen molar-refractivity contribution in [2.45, 2.75) is 39.3 Å². The highest BCUT2D eigenvalue weighted by molar-refractivity contribution is 5.81. The van der Waals surface area contributed by atoms with Gasteiger partial charge in [0.1, 0.15) is 5.82 Å². The maximum Gasteiger partial charge on any atom is 0.310 e. The van der Waals surface area contributed by atoms with Crippen LogP contribution in [0.1, 0.15) is 32.3 Å². The normalized spacial score (nSPS) is 19.3. The highest BCUT2D eigenvalue weighted by Gasteiger charge is 2.32. The Morgan fingerprint density at radius 2 is 2.20 bits per heavy atom. The minimum atomic E-state index is -0.323. The van der Waals surface area contributed by atoms with E-state index in [1.807, 2.05) is 11.8 Å². The van der Waals surface area contributed by atoms with Crippen molar-refractivity contribution >= 4 is 11.9 Å². The second-order valence-corrected chi connectivity index (χ2v) is 6.59. The second-order valence-electron chi connectivity index (χ2n) is 6.59. The zero-order valence-electron chi connectivity index (χ0n) is 15.2. The number of likely N-dealkylation sites (tertiary alicyclic amines) is 1. The summed E-state index contributed by atoms with van der Waals surface area (Å²) in [5.74, 6) is -0.689. The lowest BCUT2D eigenvalue weighted by Crippen LogP contribution is -2.50. The third-order valence-electron chi connectivity index (χ3n) is 4.66. The first kappa shape index (κ1) is 19.4. The van der Waals surface area contributed by atoms with Crippen LogP contribution in [0.2, 0.25) is 0 Å². The molecule has 6 heteroatoms. The fraction of sp³-hybridized carbons (Fsp3) is 0.579. The highest BCUT2D eigenvalue weighted by Crippen LogP contribution is 2.21. The SMILES string of the molecule is CCOC(=O)C1CCCN(C(C)C(=O)N(C)Cc2cccc(F)c2)C1. The summed E-state index contributed by atoms with van der Waals surface area (Å²) in [4.78, 5) is 28.3. The average molecular weight is 350 g/mol. The van der Waals surface area contributed by atoms with E-state index in [4.69, 9.17) is 4.74 Å². The molecule has 1 aromatic rings. The Kier molecular flexibility index (Phi) is 6.93. The monoisotopic (exact) mass is 350 g/mol. The minimum Gasteiger partial charge on any atom is -0.466 e. The van der Waals surface area contributed by atoms with Gasteiger partial charge in [-0.2, -0.15) is 0 Å². The third-order valence-corrected chi connectivity index (χ3v) is 4.66. The molecule has 0 aliphatic carbocycles. The molecular weight excluding hydrogens is 323 g/mol. The van der Waals surface area contributed by atoms with Crippen LogP contribution in [-0.4, -0.2) is 54.5 Å². The van der Waals surface area contributed by atoms with Crippen molar-refractivity contribution in [3.8, 4) is 0 Å². The summed E-state index contributed by atoms with van der Waals surface area (Å²) < 4.78 is 18.4. The fourth-order valence-corrected chi connectivity index (χ4v) is 3.27. The van der Waals surface area contributed by atoms with Crippen LogP contribution in [0, 0.1) is 11.7 Å². The first-order chi connectivity index (χ1) is 11.9. The van der Waals surface area contributed by atoms with Gasteiger partial charge in [-0.3, -0.25) is 14.5 Å². The van der Waals surface area contributed by atoms with Crippen molar-refractivity contribution in [2.24, 2.45) is 5.92 Å². The van der Waals surface area contributed by atoms with Crippen LogP contribution in [0.3, 0.4) is 0 Å². The molecule has 0 aromatic heterocycles. The first-order valence-electron chi connectivity index (χ1n) is 8.82. The maximum absolute atomic E-state index is 13.3. The predicted molar refractivity (Wildman–Crippen MR) is 93.3 cm³/mol. The molecule has 25 heavy (non-hydrogen) atoms. The first-order valence-corrected chi connectivity index (χ1v) is 8.82. The summed E-state index contributed by atoms with van der Waals surface area (Å²) in [5.41, 5.74) is 0.756. The summed E-state index contributed by atoms with van der Waals surface area (Å²) >= 11 is 0. The molecule has 2 rings (SSSR count). The molecule has 0 spiro atoms. The molecule has 1 aliphatic rings. The van der Waals surface area contributed by atoms with Gasteiger partial charge in [-0.15, -0.1) is 0 Å². The van der Waals surface area contributed by atoms with Gasteiger partial charge in [-0.25, -0.2) is 4.39 Å². The van der Waals surface area contributed by atoms with Gasteiger partial charge in [0.2, 0.25) is 5.91 Å². The Morgan fingerprint density at radius 1 is 1.44 bits per heavy atom. The van der Waals surface area contributed by atoms with Crippen LogP contribution >= 0.6 is 0 Å². The van der Waals surface area contributed by atoms with Gasteiger partial charge in [0.25, 0.3) is 0 Å². The van der Waals surface area contributed by atoms with E-state index in [1.165, 1.54) is 12.1 Å². The standard InChI is InChI=1S/C19H27FN2O3/c1-4-25-19(24)16-8-6-10-22(13-16)14(2)18(23)21(3)12-15-7-5-9-17(20)11-15/h5,7,9,11,14,16H,4,6,8,10,12-13H2,1-3H3. The average Bonchev–Trinajstić information content (AvgIpc) is 2.60. The predicted octanol–water partition coefficient (Wildman–Crippen LogP) is 2.45. The van der Waals surface area contributed by atoms with Gasteiger partial charge in [0.15, 0.2) is 0 Å². The van der Waals surface area contributed by atoms with Gasteiger partial charge in [0, 0.05) is 20.1 Å². The molecule has 1 amide bonds. The van der Waals surface area contributed by atoms with Crippen molar-refractivity contribution in [1.82, 2.24) is 9.80 Å². The largest absolute Gasteiger partial charge is 0.466 e. The zero-order valence-corrected chi connectivity index (χ0v) is 15.2. The topological polar surface area (TPSA) is 49.9 Å². The molecule has 0 radical (unpaired) electrons. The quantitative estimate of drug-likeness (QED) is 0.740. The molecule has 2 atom stereocenters. The molecule has 0 bridgehead atoms. The number of benzene rings is 1. The Morgan fingerprint density at radius 3 is 2.88 bits per heavy atom. The summed E-state index contributed by atoms with van der Waals surface area (Å²) in [6.07, 6.45) is 1.67. The molecular formula is C19H27FN2O3. The number of hydrogen-bond acceptors (Lipinski definition) is 4. The van der Waals surface area contributed by atoms with E-state index >= 15 is 0 Å². The molecule has 138 valence electrons. The van der Waals surface area contributed by atoms with Crippen LogP contribution in [0.4, 0.5) is 4.39 Å². The van der Waals surface area contributed by atoms with Crippen molar-refractivity contribution in [2.75, 3.05) is 26.7 Å². The number of nitrogens with zero attached hydrogens (tertiary/aromatic N) is 2. The van der Waals surface area contributed by atoms with Gasteiger partial charge >= 0.3 is 5.97 Å². The van der Waals surface area contributed by atoms with Crippen molar-refractivity contribution in [1.29, 1.82) is 0 Å². The van der Waals surface area contributed by atoms with Crippen LogP contribution in [0.15, 0.2) is 24.3 Å². The molecule has 1 heterocycles. The maximum atomic E-state index is 13.3. The Balaban J connectivity index is 1.94. The molecule has 2 unspecified atom stereocenters. The number of ether oxygens (including phenoxy) is 1. The number of hydrogen-bond donors (Lipinski definition) is 0. The van der Waals surface area contributed by atoms with E-state index in [2.05, 4.69) is 0 Å². The lowest BCUT2D eigenvalue weighted by Gasteiger charge is -2.36. The molecule has 0 N–H and O–H groups in total. The number of amides is 1. The van der Waals surface area contributed by atoms with Crippen LogP contribution in [0.5, 0.6) is 0 Å². The smallest absolute Gasteiger partial charge is 0.310 e. The molecule has 1 aromatic carbocycles. The van der Waals surface area contributed by atoms with E-state index in [0.29, 0.717) is 19.7 Å². The highest BCUT2D eigenvalue weighted by atomic mass is 19.1. The molecule has 1 saturated heterocycles. The number of likely N-dealkylation sites (N-methyl/N-ethyl adjacent to an activating group) is 1. The number of halogens is 1. The van der Waals surface area contributed by atoms with E-state index in [-0.39, 0.29) is 29.7 Å². The Bertz CT molecular complexity index is 608. The zero-order chi connectivity index (χ0) is 18.4. The summed E-state index contributed by atoms with van der Waals surface area (Å²) in [5, 5.41) is 0. The van der Waals surface area contributed by atoms with Crippen molar-refractivity contribution in [3.63, 3.8) is 0 Å². The van der Waals surface area contributed by atoms with E-state index in [1.54, 1.807) is 31.0 Å². The van der Waals surface area contributed by atoms with Gasteiger partial charge in [-0.1, -0.05) is 12.1 Å². The number of carbonyl (C=O) groups is 2. The van der Waals surface area contributed by atoms with Crippen LogP contribution in [-0.2, 0) is 20.9 Å². The molecule has 1 fully saturated rings. The van der Waals surface area contributed by atoms with Crippen molar-refractivity contribution in [3.05, 3.63) is 35.6 Å². The number of carbonyl (C=O) groups excluding carboxylic acids is 2. The lowest BCUT2D eigenvalue weighted by molar-refractivity contribution is -0.151. The van der Waals surface area contributed by atoms with E-state index in [9.17, 15) is 14.0 Å². The van der Waals surface area contributed by atoms with Crippen LogP contribution in [0.25, 0.3) is 0 Å². The third kappa shape index (κ3) is 5.26. The molecule has 5 nitrogen and oxygen atoms in total. The Hall–Kier alpha value is -1.95. The van der Waals surface area contributed by atoms with Crippen molar-refractivity contribution < 1.29 is 18.7 Å². The van der Waals surface area contributed by atoms with Gasteiger partial charge in [-0.05, 0) is 50.9 Å². The number of rotatable bonds is 6. The Labute approximate surface area is 148 Å². The number of piperidine rings is 1. The lowest BCUT2D eigenvalue weighted by atomic mass is 9.96. The summed E-state index contributed by atoms with van der Waals surface area (Å²) in [6, 6.07) is 5.94. The van der Waals surface area contributed by atoms with E-state index in [0.717, 1.165) is 24.9 Å². The van der Waals surface area contributed by atoms with E-state index < -0.39 is 0 Å². The van der Waals surface area contributed by atoms with Crippen LogP contribution < -0.4 is 0 Å². The molecule has 0 saturated carbocycles. The van der Waals surface area contributed by atoms with Gasteiger partial charge in [0.05, 0.1) is 18.6 Å². The number of esters is 1.